The van der Waals surface area contributed by atoms with Crippen LogP contribution in [0.4, 0.5) is 11.4 Å². The first-order valence-electron chi connectivity index (χ1n) is 8.04. The van der Waals surface area contributed by atoms with Crippen molar-refractivity contribution in [3.8, 4) is 0 Å². The average Bonchev–Trinajstić information content (AvgIpc) is 3.07. The number of hydrogen-bond donors (Lipinski definition) is 3. The number of anilines is 1. The Kier molecular flexibility index (Phi) is 3.33. The molecule has 2 aliphatic rings. The van der Waals surface area contributed by atoms with Gasteiger partial charge in [-0.3, -0.25) is 0 Å². The third-order valence-electron chi connectivity index (χ3n) is 4.66. The van der Waals surface area contributed by atoms with Crippen molar-refractivity contribution in [2.45, 2.75) is 44.2 Å². The largest absolute Gasteiger partial charge is 0.371 e. The smallest absolute Gasteiger partial charge is 0.128 e. The van der Waals surface area contributed by atoms with Crippen LogP contribution in [0, 0.1) is 0 Å². The van der Waals surface area contributed by atoms with Gasteiger partial charge < -0.3 is 15.6 Å². The minimum atomic E-state index is -0.0388. The molecule has 0 radical (unpaired) electrons. The van der Waals surface area contributed by atoms with Crippen LogP contribution in [0.3, 0.4) is 0 Å². The maximum atomic E-state index is 4.93. The summed E-state index contributed by atoms with van der Waals surface area (Å²) in [6.45, 7) is 0.702. The molecule has 2 aromatic rings. The van der Waals surface area contributed by atoms with Crippen LogP contribution in [-0.2, 0) is 6.54 Å². The summed E-state index contributed by atoms with van der Waals surface area (Å²) in [5, 5.41) is 7.30. The van der Waals surface area contributed by atoms with Crippen molar-refractivity contribution < 1.29 is 0 Å². The number of para-hydroxylation sites is 2. The first-order valence-corrected chi connectivity index (χ1v) is 8.04. The zero-order chi connectivity index (χ0) is 14.8. The minimum Gasteiger partial charge on any atom is -0.371 e. The molecule has 1 aromatic carbocycles. The summed E-state index contributed by atoms with van der Waals surface area (Å²) >= 11 is 0. The summed E-state index contributed by atoms with van der Waals surface area (Å²) in [6, 6.07) is 8.29. The monoisotopic (exact) mass is 295 g/mol. The summed E-state index contributed by atoms with van der Waals surface area (Å²) in [5.74, 6) is 1.06. The molecule has 3 N–H and O–H groups in total. The normalized spacial score (nSPS) is 19.2. The number of aromatic amines is 1. The highest BCUT2D eigenvalue weighted by Crippen LogP contribution is 2.40. The summed E-state index contributed by atoms with van der Waals surface area (Å²) < 4.78 is 0. The molecule has 5 heteroatoms. The Labute approximate surface area is 130 Å². The highest BCUT2D eigenvalue weighted by molar-refractivity contribution is 6.00. The Morgan fingerprint density at radius 3 is 2.82 bits per heavy atom. The van der Waals surface area contributed by atoms with E-state index in [2.05, 4.69) is 38.8 Å². The second-order valence-corrected chi connectivity index (χ2v) is 6.16. The molecule has 114 valence electrons. The molecule has 1 spiro atoms. The van der Waals surface area contributed by atoms with E-state index in [1.807, 2.05) is 12.3 Å². The lowest BCUT2D eigenvalue weighted by molar-refractivity contribution is 0.396. The topological polar surface area (TPSA) is 65.1 Å². The Balaban J connectivity index is 1.65. The van der Waals surface area contributed by atoms with Gasteiger partial charge in [0.1, 0.15) is 5.84 Å². The SMILES string of the molecule is c1ccc2c(c1)N=C(NCc1c[nH]cn1)C1(CCCCC1)N2. The van der Waals surface area contributed by atoms with Crippen LogP contribution in [0.2, 0.25) is 0 Å². The van der Waals surface area contributed by atoms with Crippen LogP contribution >= 0.6 is 0 Å². The lowest BCUT2D eigenvalue weighted by Gasteiger charge is -2.42. The van der Waals surface area contributed by atoms with E-state index in [4.69, 9.17) is 4.99 Å². The van der Waals surface area contributed by atoms with Gasteiger partial charge in [-0.15, -0.1) is 0 Å². The number of aliphatic imine (C=N–C) groups is 1. The molecule has 0 bridgehead atoms. The van der Waals surface area contributed by atoms with Gasteiger partial charge in [-0.25, -0.2) is 9.98 Å². The molecule has 4 rings (SSSR count). The Morgan fingerprint density at radius 1 is 1.14 bits per heavy atom. The molecule has 1 saturated carbocycles. The van der Waals surface area contributed by atoms with E-state index >= 15 is 0 Å². The van der Waals surface area contributed by atoms with Gasteiger partial charge in [0.2, 0.25) is 0 Å². The maximum Gasteiger partial charge on any atom is 0.128 e. The fraction of sp³-hybridized carbons (Fsp3) is 0.412. The van der Waals surface area contributed by atoms with Crippen LogP contribution in [0.1, 0.15) is 37.8 Å². The van der Waals surface area contributed by atoms with Crippen LogP contribution in [0.15, 0.2) is 41.8 Å². The van der Waals surface area contributed by atoms with E-state index < -0.39 is 0 Å². The molecule has 22 heavy (non-hydrogen) atoms. The Morgan fingerprint density at radius 2 is 2.00 bits per heavy atom. The predicted octanol–water partition coefficient (Wildman–Crippen LogP) is 3.36. The molecule has 1 aliphatic heterocycles. The van der Waals surface area contributed by atoms with Crippen molar-refractivity contribution in [3.63, 3.8) is 0 Å². The van der Waals surface area contributed by atoms with Crippen molar-refractivity contribution in [1.29, 1.82) is 0 Å². The van der Waals surface area contributed by atoms with E-state index in [1.165, 1.54) is 19.3 Å². The number of nitrogens with one attached hydrogen (secondary N) is 3. The van der Waals surface area contributed by atoms with E-state index in [9.17, 15) is 0 Å². The third kappa shape index (κ3) is 2.36. The summed E-state index contributed by atoms with van der Waals surface area (Å²) in [7, 11) is 0. The number of hydrogen-bond acceptors (Lipinski definition) is 4. The summed E-state index contributed by atoms with van der Waals surface area (Å²) in [6.07, 6.45) is 9.71. The molecule has 5 nitrogen and oxygen atoms in total. The predicted molar refractivity (Wildman–Crippen MR) is 88.4 cm³/mol. The fourth-order valence-corrected chi connectivity index (χ4v) is 3.51. The lowest BCUT2D eigenvalue weighted by Crippen LogP contribution is -2.54. The highest BCUT2D eigenvalue weighted by Gasteiger charge is 2.40. The van der Waals surface area contributed by atoms with E-state index in [1.54, 1.807) is 6.33 Å². The molecular weight excluding hydrogens is 274 g/mol. The molecule has 2 heterocycles. The van der Waals surface area contributed by atoms with Gasteiger partial charge in [0.15, 0.2) is 0 Å². The van der Waals surface area contributed by atoms with E-state index in [0.717, 1.165) is 35.7 Å². The summed E-state index contributed by atoms with van der Waals surface area (Å²) in [4.78, 5) is 12.2. The molecule has 0 amide bonds. The van der Waals surface area contributed by atoms with Gasteiger partial charge in [0.25, 0.3) is 0 Å². The van der Waals surface area contributed by atoms with Crippen LogP contribution in [0.25, 0.3) is 0 Å². The standard InChI is InChI=1S/C17H21N5/c1-4-8-17(9-5-1)16(19-11-13-10-18-12-20-13)21-14-6-2-3-7-15(14)22-17/h2-3,6-7,10,12,22H,1,4-5,8-9,11H2,(H,18,20)(H,19,21). The van der Waals surface area contributed by atoms with Gasteiger partial charge in [-0.2, -0.15) is 0 Å². The Bertz CT molecular complexity index is 668. The molecular formula is C17H21N5. The van der Waals surface area contributed by atoms with Gasteiger partial charge >= 0.3 is 0 Å². The van der Waals surface area contributed by atoms with Crippen molar-refractivity contribution in [3.05, 3.63) is 42.5 Å². The highest BCUT2D eigenvalue weighted by atomic mass is 15.2. The minimum absolute atomic E-state index is 0.0388. The fourth-order valence-electron chi connectivity index (χ4n) is 3.51. The van der Waals surface area contributed by atoms with Crippen LogP contribution in [0.5, 0.6) is 0 Å². The first-order chi connectivity index (χ1) is 10.9. The van der Waals surface area contributed by atoms with Crippen molar-refractivity contribution in [2.75, 3.05) is 5.32 Å². The second-order valence-electron chi connectivity index (χ2n) is 6.16. The van der Waals surface area contributed by atoms with E-state index in [0.29, 0.717) is 6.54 Å². The molecule has 0 unspecified atom stereocenters. The number of amidine groups is 1. The Hall–Kier alpha value is -2.30. The van der Waals surface area contributed by atoms with E-state index in [-0.39, 0.29) is 5.54 Å². The summed E-state index contributed by atoms with van der Waals surface area (Å²) in [5.41, 5.74) is 3.13. The first kappa shape index (κ1) is 13.4. The second kappa shape index (κ2) is 5.48. The number of fused-ring (bicyclic) bond motifs is 1. The molecule has 0 saturated heterocycles. The number of nitrogens with zero attached hydrogens (tertiary/aromatic N) is 2. The van der Waals surface area contributed by atoms with Gasteiger partial charge in [0, 0.05) is 6.20 Å². The lowest BCUT2D eigenvalue weighted by atomic mass is 9.79. The van der Waals surface area contributed by atoms with Crippen LogP contribution in [-0.4, -0.2) is 21.3 Å². The average molecular weight is 295 g/mol. The van der Waals surface area contributed by atoms with Crippen molar-refractivity contribution in [2.24, 2.45) is 4.99 Å². The zero-order valence-corrected chi connectivity index (χ0v) is 12.6. The van der Waals surface area contributed by atoms with Gasteiger partial charge in [-0.05, 0) is 25.0 Å². The maximum absolute atomic E-state index is 4.93. The third-order valence-corrected chi connectivity index (χ3v) is 4.66. The number of benzene rings is 1. The van der Waals surface area contributed by atoms with Crippen molar-refractivity contribution in [1.82, 2.24) is 15.3 Å². The number of aromatic nitrogens is 2. The van der Waals surface area contributed by atoms with Crippen molar-refractivity contribution >= 4 is 17.2 Å². The zero-order valence-electron chi connectivity index (χ0n) is 12.6. The molecule has 1 aliphatic carbocycles. The number of rotatable bonds is 2. The molecule has 1 fully saturated rings. The quantitative estimate of drug-likeness (QED) is 0.796. The molecule has 0 atom stereocenters. The van der Waals surface area contributed by atoms with Gasteiger partial charge in [-0.1, -0.05) is 31.4 Å². The van der Waals surface area contributed by atoms with Gasteiger partial charge in [0.05, 0.1) is 35.5 Å². The number of imidazole rings is 1. The number of H-pyrrole nitrogens is 1. The van der Waals surface area contributed by atoms with Crippen LogP contribution < -0.4 is 10.6 Å². The molecule has 1 aromatic heterocycles.